The molecule has 0 spiro atoms. The van der Waals surface area contributed by atoms with Crippen LogP contribution in [0.25, 0.3) is 0 Å². The Labute approximate surface area is 147 Å². The number of carbonyl (C=O) groups is 1. The quantitative estimate of drug-likeness (QED) is 0.778. The molecule has 0 aromatic carbocycles. The number of ether oxygens (including phenoxy) is 1. The van der Waals surface area contributed by atoms with E-state index in [0.29, 0.717) is 6.61 Å². The molecular weight excluding hydrogens is 322 g/mol. The van der Waals surface area contributed by atoms with Crippen LogP contribution in [0.1, 0.15) is 54.4 Å². The Hall–Kier alpha value is -0.593. The van der Waals surface area contributed by atoms with Crippen molar-refractivity contribution >= 4 is 14.4 Å². The van der Waals surface area contributed by atoms with E-state index in [1.165, 1.54) is 0 Å². The van der Waals surface area contributed by atoms with Crippen LogP contribution in [0.4, 0.5) is 4.79 Å². The van der Waals surface area contributed by atoms with Gasteiger partial charge in [-0.05, 0) is 51.7 Å². The number of aliphatic hydroxyl groups excluding tert-OH is 1. The van der Waals surface area contributed by atoms with Crippen molar-refractivity contribution in [3.05, 3.63) is 0 Å². The molecule has 2 aliphatic rings. The minimum Gasteiger partial charge on any atom is -0.444 e. The van der Waals surface area contributed by atoms with Crippen LogP contribution < -0.4 is 0 Å². The molecule has 1 heterocycles. The third kappa shape index (κ3) is 3.80. The van der Waals surface area contributed by atoms with E-state index >= 15 is 0 Å². The number of nitrogens with zero attached hydrogens (tertiary/aromatic N) is 1. The fraction of sp³-hybridized carbons (Fsp3) is 0.944. The van der Waals surface area contributed by atoms with Crippen molar-refractivity contribution < 1.29 is 19.1 Å². The lowest BCUT2D eigenvalue weighted by atomic mass is 10.0. The zero-order chi connectivity index (χ0) is 18.6. The summed E-state index contributed by atoms with van der Waals surface area (Å²) < 4.78 is 12.0. The monoisotopic (exact) mass is 357 g/mol. The zero-order valence-corrected chi connectivity index (χ0v) is 17.6. The standard InChI is InChI=1S/C18H35NO4Si/c1-16(2,3)23-15(21)19-13(9-18(12-20)10-14(18)19)11-22-24(7,8)17(4,5)6/h13-14,20H,9-12H2,1-8H3/t13-,14+,18-/m0/s1. The molecule has 1 aliphatic carbocycles. The summed E-state index contributed by atoms with van der Waals surface area (Å²) in [4.78, 5) is 14.5. The first-order chi connectivity index (χ1) is 10.7. The smallest absolute Gasteiger partial charge is 0.410 e. The summed E-state index contributed by atoms with van der Waals surface area (Å²) in [5.41, 5.74) is -0.639. The van der Waals surface area contributed by atoms with Gasteiger partial charge in [0.1, 0.15) is 5.60 Å². The van der Waals surface area contributed by atoms with Gasteiger partial charge in [-0.1, -0.05) is 20.8 Å². The van der Waals surface area contributed by atoms with E-state index in [-0.39, 0.29) is 35.2 Å². The number of hydrogen-bond donors (Lipinski definition) is 1. The summed E-state index contributed by atoms with van der Waals surface area (Å²) in [6.45, 7) is 17.4. The fourth-order valence-corrected chi connectivity index (χ4v) is 4.29. The molecule has 1 N–H and O–H groups in total. The Morgan fingerprint density at radius 1 is 1.21 bits per heavy atom. The van der Waals surface area contributed by atoms with Crippen LogP contribution in [0.5, 0.6) is 0 Å². The molecule has 3 atom stereocenters. The number of amides is 1. The van der Waals surface area contributed by atoms with E-state index in [2.05, 4.69) is 33.9 Å². The van der Waals surface area contributed by atoms with E-state index in [9.17, 15) is 9.90 Å². The van der Waals surface area contributed by atoms with Gasteiger partial charge in [-0.25, -0.2) is 4.79 Å². The third-order valence-corrected chi connectivity index (χ3v) is 10.4. The van der Waals surface area contributed by atoms with Gasteiger partial charge in [0, 0.05) is 11.5 Å². The van der Waals surface area contributed by atoms with E-state index in [1.54, 1.807) is 0 Å². The minimum absolute atomic E-state index is 0.000116. The average molecular weight is 358 g/mol. The van der Waals surface area contributed by atoms with Crippen LogP contribution in [-0.2, 0) is 9.16 Å². The molecule has 0 bridgehead atoms. The lowest BCUT2D eigenvalue weighted by molar-refractivity contribution is 0.0133. The van der Waals surface area contributed by atoms with Gasteiger partial charge < -0.3 is 14.3 Å². The van der Waals surface area contributed by atoms with Crippen LogP contribution >= 0.6 is 0 Å². The topological polar surface area (TPSA) is 59.0 Å². The Balaban J connectivity index is 2.08. The first-order valence-corrected chi connectivity index (χ1v) is 11.9. The van der Waals surface area contributed by atoms with E-state index in [0.717, 1.165) is 12.8 Å². The van der Waals surface area contributed by atoms with Crippen molar-refractivity contribution in [2.24, 2.45) is 5.41 Å². The van der Waals surface area contributed by atoms with Crippen molar-refractivity contribution in [2.75, 3.05) is 13.2 Å². The average Bonchev–Trinajstić information content (AvgIpc) is 2.99. The number of aliphatic hydroxyl groups is 1. The van der Waals surface area contributed by atoms with Crippen LogP contribution in [0.2, 0.25) is 18.1 Å². The van der Waals surface area contributed by atoms with Crippen molar-refractivity contribution in [1.82, 2.24) is 4.90 Å². The molecule has 0 unspecified atom stereocenters. The first kappa shape index (κ1) is 19.7. The van der Waals surface area contributed by atoms with Crippen LogP contribution in [-0.4, -0.2) is 55.3 Å². The Bertz CT molecular complexity index is 494. The molecule has 140 valence electrons. The van der Waals surface area contributed by atoms with Crippen molar-refractivity contribution in [1.29, 1.82) is 0 Å². The first-order valence-electron chi connectivity index (χ1n) is 8.99. The Morgan fingerprint density at radius 3 is 2.25 bits per heavy atom. The van der Waals surface area contributed by atoms with Gasteiger partial charge in [0.2, 0.25) is 0 Å². The summed E-state index contributed by atoms with van der Waals surface area (Å²) in [6, 6.07) is 0.102. The van der Waals surface area contributed by atoms with Crippen molar-refractivity contribution in [3.63, 3.8) is 0 Å². The molecule has 1 aliphatic heterocycles. The SMILES string of the molecule is CC(C)(C)OC(=O)N1[C@H](CO[Si](C)(C)C(C)(C)C)C[C@@]2(CO)C[C@@H]12. The Morgan fingerprint density at radius 2 is 1.79 bits per heavy atom. The van der Waals surface area contributed by atoms with Crippen LogP contribution in [0.3, 0.4) is 0 Å². The highest BCUT2D eigenvalue weighted by molar-refractivity contribution is 6.74. The summed E-state index contributed by atoms with van der Waals surface area (Å²) in [6.07, 6.45) is 1.41. The molecule has 0 aromatic rings. The van der Waals surface area contributed by atoms with Crippen LogP contribution in [0, 0.1) is 5.41 Å². The molecule has 1 saturated carbocycles. The van der Waals surface area contributed by atoms with Crippen molar-refractivity contribution in [2.45, 2.75) is 90.2 Å². The van der Waals surface area contributed by atoms with Crippen LogP contribution in [0.15, 0.2) is 0 Å². The van der Waals surface area contributed by atoms with Gasteiger partial charge in [0.05, 0.1) is 19.3 Å². The summed E-state index contributed by atoms with van der Waals surface area (Å²) >= 11 is 0. The van der Waals surface area contributed by atoms with Gasteiger partial charge in [0.15, 0.2) is 8.32 Å². The summed E-state index contributed by atoms with van der Waals surface area (Å²) in [5, 5.41) is 9.90. The predicted octanol–water partition coefficient (Wildman–Crippen LogP) is 3.77. The second-order valence-electron chi connectivity index (χ2n) is 10.1. The molecule has 2 rings (SSSR count). The van der Waals surface area contributed by atoms with Gasteiger partial charge in [-0.3, -0.25) is 4.90 Å². The molecule has 0 radical (unpaired) electrons. The third-order valence-electron chi connectivity index (χ3n) is 5.88. The predicted molar refractivity (Wildman–Crippen MR) is 97.6 cm³/mol. The highest BCUT2D eigenvalue weighted by Gasteiger charge is 2.66. The second kappa shape index (κ2) is 5.99. The summed E-state index contributed by atoms with van der Waals surface area (Å²) in [5.74, 6) is 0. The minimum atomic E-state index is -1.87. The van der Waals surface area contributed by atoms with Gasteiger partial charge >= 0.3 is 6.09 Å². The number of fused-ring (bicyclic) bond motifs is 1. The molecule has 0 aromatic heterocycles. The summed E-state index contributed by atoms with van der Waals surface area (Å²) in [7, 11) is -1.87. The molecule has 2 fully saturated rings. The van der Waals surface area contributed by atoms with Gasteiger partial charge in [0.25, 0.3) is 0 Å². The Kier molecular flexibility index (Phi) is 4.92. The molecule has 6 heteroatoms. The molecular formula is C18H35NO4Si. The zero-order valence-electron chi connectivity index (χ0n) is 16.6. The highest BCUT2D eigenvalue weighted by atomic mass is 28.4. The maximum Gasteiger partial charge on any atom is 0.410 e. The number of likely N-dealkylation sites (tertiary alicyclic amines) is 1. The van der Waals surface area contributed by atoms with E-state index < -0.39 is 13.9 Å². The van der Waals surface area contributed by atoms with Gasteiger partial charge in [-0.15, -0.1) is 0 Å². The normalized spacial score (nSPS) is 30.3. The van der Waals surface area contributed by atoms with Gasteiger partial charge in [-0.2, -0.15) is 0 Å². The van der Waals surface area contributed by atoms with E-state index in [1.807, 2.05) is 25.7 Å². The fourth-order valence-electron chi connectivity index (χ4n) is 3.25. The molecule has 5 nitrogen and oxygen atoms in total. The maximum atomic E-state index is 12.7. The molecule has 1 saturated heterocycles. The van der Waals surface area contributed by atoms with Crippen molar-refractivity contribution in [3.8, 4) is 0 Å². The highest BCUT2D eigenvalue weighted by Crippen LogP contribution is 2.59. The number of hydrogen-bond acceptors (Lipinski definition) is 4. The molecule has 1 amide bonds. The largest absolute Gasteiger partial charge is 0.444 e. The lowest BCUT2D eigenvalue weighted by Crippen LogP contribution is -2.48. The van der Waals surface area contributed by atoms with E-state index in [4.69, 9.17) is 9.16 Å². The second-order valence-corrected chi connectivity index (χ2v) is 14.9. The lowest BCUT2D eigenvalue weighted by Gasteiger charge is -2.38. The number of carbonyl (C=O) groups excluding carboxylic acids is 1. The molecule has 24 heavy (non-hydrogen) atoms. The number of piperidine rings is 1. The number of rotatable bonds is 4. The maximum absolute atomic E-state index is 12.7.